The zero-order valence-electron chi connectivity index (χ0n) is 19.3. The minimum atomic E-state index is -0.914. The first kappa shape index (κ1) is 25.4. The first-order valence-corrected chi connectivity index (χ1v) is 11.7. The lowest BCUT2D eigenvalue weighted by molar-refractivity contribution is -0.159. The maximum Gasteiger partial charge on any atom is 0.320 e. The number of carbonyl (C=O) groups excluding carboxylic acids is 2. The molecule has 3 N–H and O–H groups in total. The summed E-state index contributed by atoms with van der Waals surface area (Å²) in [6, 6.07) is -0.656. The quantitative estimate of drug-likeness (QED) is 0.375. The number of allylic oxidation sites excluding steroid dienone is 1. The second-order valence-corrected chi connectivity index (χ2v) is 9.41. The van der Waals surface area contributed by atoms with Gasteiger partial charge >= 0.3 is 17.9 Å². The number of hydrogen-bond donors (Lipinski definition) is 3. The molecule has 0 amide bonds. The molecule has 9 nitrogen and oxygen atoms in total. The highest BCUT2D eigenvalue weighted by molar-refractivity contribution is 5.77. The average molecular weight is 466 g/mol. The topological polar surface area (TPSA) is 134 Å². The number of carboxylic acid groups (broad SMARTS) is 1. The van der Waals surface area contributed by atoms with E-state index in [0.717, 1.165) is 17.6 Å². The minimum Gasteiger partial charge on any atom is -0.480 e. The van der Waals surface area contributed by atoms with Crippen molar-refractivity contribution in [3.8, 4) is 0 Å². The Balaban J connectivity index is 1.96. The zero-order chi connectivity index (χ0) is 24.1. The van der Waals surface area contributed by atoms with E-state index in [1.54, 1.807) is 17.9 Å². The first-order valence-electron chi connectivity index (χ1n) is 11.7. The summed E-state index contributed by atoms with van der Waals surface area (Å²) in [6.07, 6.45) is 5.40. The average Bonchev–Trinajstić information content (AvgIpc) is 3.36. The summed E-state index contributed by atoms with van der Waals surface area (Å²) in [5, 5.41) is 28.8. The summed E-state index contributed by atoms with van der Waals surface area (Å²) >= 11 is 0. The Morgan fingerprint density at radius 3 is 2.76 bits per heavy atom. The third-order valence-corrected chi connectivity index (χ3v) is 6.94. The maximum atomic E-state index is 13.0. The normalized spacial score (nSPS) is 34.9. The molecule has 0 bridgehead atoms. The van der Waals surface area contributed by atoms with E-state index in [-0.39, 0.29) is 19.8 Å². The van der Waals surface area contributed by atoms with Crippen LogP contribution in [0.15, 0.2) is 23.3 Å². The molecule has 33 heavy (non-hydrogen) atoms. The highest BCUT2D eigenvalue weighted by atomic mass is 16.6. The molecule has 0 aromatic heterocycles. The molecule has 0 radical (unpaired) electrons. The molecular formula is C24H35NO8. The van der Waals surface area contributed by atoms with E-state index in [9.17, 15) is 29.7 Å². The van der Waals surface area contributed by atoms with E-state index < -0.39 is 53.9 Å². The number of hydrogen-bond acceptors (Lipinski definition) is 8. The maximum absolute atomic E-state index is 13.0. The molecule has 3 aliphatic rings. The van der Waals surface area contributed by atoms with Crippen LogP contribution in [0.4, 0.5) is 0 Å². The SMILES string of the molecule is C/C1=C\CC/C(CO)=C/[C@H]2OC(=O)C(CN3CCCC3C(=O)O)[C@@H]2[C@@H](OC(=O)C(C)CO)C1. The molecule has 2 fully saturated rings. The summed E-state index contributed by atoms with van der Waals surface area (Å²) in [5.74, 6) is -3.85. The molecule has 0 aromatic carbocycles. The van der Waals surface area contributed by atoms with Crippen LogP contribution in [-0.4, -0.2) is 82.7 Å². The summed E-state index contributed by atoms with van der Waals surface area (Å²) < 4.78 is 11.6. The van der Waals surface area contributed by atoms with Crippen molar-refractivity contribution < 1.29 is 39.2 Å². The lowest BCUT2D eigenvalue weighted by atomic mass is 9.81. The molecule has 2 aliphatic heterocycles. The van der Waals surface area contributed by atoms with Crippen molar-refractivity contribution in [1.29, 1.82) is 0 Å². The Morgan fingerprint density at radius 1 is 1.33 bits per heavy atom. The number of aliphatic carboxylic acids is 1. The highest BCUT2D eigenvalue weighted by Crippen LogP contribution is 2.39. The van der Waals surface area contributed by atoms with Crippen molar-refractivity contribution in [3.05, 3.63) is 23.3 Å². The van der Waals surface area contributed by atoms with Crippen molar-refractivity contribution in [1.82, 2.24) is 4.90 Å². The number of aliphatic hydroxyl groups is 2. The molecule has 0 saturated carbocycles. The van der Waals surface area contributed by atoms with Crippen LogP contribution < -0.4 is 0 Å². The molecule has 1 aliphatic carbocycles. The summed E-state index contributed by atoms with van der Waals surface area (Å²) in [7, 11) is 0. The van der Waals surface area contributed by atoms with Gasteiger partial charge in [0.05, 0.1) is 31.0 Å². The van der Waals surface area contributed by atoms with Crippen LogP contribution in [0.25, 0.3) is 0 Å². The van der Waals surface area contributed by atoms with Gasteiger partial charge in [0.15, 0.2) is 0 Å². The third-order valence-electron chi connectivity index (χ3n) is 6.94. The molecule has 0 aromatic rings. The van der Waals surface area contributed by atoms with Gasteiger partial charge in [-0.15, -0.1) is 0 Å². The van der Waals surface area contributed by atoms with Crippen LogP contribution in [0, 0.1) is 17.8 Å². The van der Waals surface area contributed by atoms with Gasteiger partial charge in [0.1, 0.15) is 18.2 Å². The largest absolute Gasteiger partial charge is 0.480 e. The Hall–Kier alpha value is -2.23. The number of rotatable bonds is 7. The van der Waals surface area contributed by atoms with Crippen molar-refractivity contribution >= 4 is 17.9 Å². The van der Waals surface area contributed by atoms with Gasteiger partial charge in [0.2, 0.25) is 0 Å². The molecule has 0 spiro atoms. The number of esters is 2. The fraction of sp³-hybridized carbons (Fsp3) is 0.708. The van der Waals surface area contributed by atoms with E-state index in [1.165, 1.54) is 0 Å². The number of nitrogens with zero attached hydrogens (tertiary/aromatic N) is 1. The van der Waals surface area contributed by atoms with Crippen LogP contribution in [0.5, 0.6) is 0 Å². The van der Waals surface area contributed by atoms with Gasteiger partial charge in [0.25, 0.3) is 0 Å². The molecule has 6 atom stereocenters. The van der Waals surface area contributed by atoms with Crippen LogP contribution in [0.3, 0.4) is 0 Å². The van der Waals surface area contributed by atoms with Gasteiger partial charge in [-0.25, -0.2) is 0 Å². The van der Waals surface area contributed by atoms with Gasteiger partial charge < -0.3 is 24.8 Å². The van der Waals surface area contributed by atoms with Crippen LogP contribution in [0.1, 0.15) is 46.0 Å². The van der Waals surface area contributed by atoms with Gasteiger partial charge in [-0.3, -0.25) is 19.3 Å². The minimum absolute atomic E-state index is 0.169. The lowest BCUT2D eigenvalue weighted by Gasteiger charge is -2.32. The van der Waals surface area contributed by atoms with Gasteiger partial charge in [0, 0.05) is 13.0 Å². The van der Waals surface area contributed by atoms with E-state index in [1.807, 2.05) is 13.0 Å². The first-order chi connectivity index (χ1) is 15.7. The van der Waals surface area contributed by atoms with E-state index in [0.29, 0.717) is 32.2 Å². The van der Waals surface area contributed by atoms with E-state index in [2.05, 4.69) is 0 Å². The van der Waals surface area contributed by atoms with Crippen molar-refractivity contribution in [2.45, 2.75) is 64.2 Å². The number of carboxylic acids is 1. The monoisotopic (exact) mass is 465 g/mol. The molecular weight excluding hydrogens is 430 g/mol. The lowest BCUT2D eigenvalue weighted by Crippen LogP contribution is -2.45. The van der Waals surface area contributed by atoms with Crippen molar-refractivity contribution in [3.63, 3.8) is 0 Å². The van der Waals surface area contributed by atoms with Gasteiger partial charge in [-0.05, 0) is 57.7 Å². The standard InChI is InChI=1S/C24H35NO8/c1-14-5-3-6-16(13-27)10-20-21(19(9-14)32-23(30)15(2)12-26)17(24(31)33-20)11-25-8-4-7-18(25)22(28)29/h5,10,15,17-21,26-27H,3-4,6-9,11-13H2,1-2H3,(H,28,29)/b14-5+,16-10-/t15?,17?,18?,19-,20+,21+/m0/s1. The second kappa shape index (κ2) is 11.3. The number of ether oxygens (including phenoxy) is 2. The highest BCUT2D eigenvalue weighted by Gasteiger charge is 2.51. The van der Waals surface area contributed by atoms with Crippen LogP contribution in [-0.2, 0) is 23.9 Å². The fourth-order valence-corrected chi connectivity index (χ4v) is 5.02. The van der Waals surface area contributed by atoms with E-state index >= 15 is 0 Å². The molecule has 2 heterocycles. The molecule has 3 unspecified atom stereocenters. The van der Waals surface area contributed by atoms with Gasteiger partial charge in [-0.1, -0.05) is 11.6 Å². The van der Waals surface area contributed by atoms with Crippen LogP contribution >= 0.6 is 0 Å². The smallest absolute Gasteiger partial charge is 0.320 e. The fourth-order valence-electron chi connectivity index (χ4n) is 5.02. The summed E-state index contributed by atoms with van der Waals surface area (Å²) in [5.41, 5.74) is 1.73. The Morgan fingerprint density at radius 2 is 2.09 bits per heavy atom. The number of carbonyl (C=O) groups is 3. The van der Waals surface area contributed by atoms with Crippen LogP contribution in [0.2, 0.25) is 0 Å². The Kier molecular flexibility index (Phi) is 8.67. The molecule has 9 heteroatoms. The molecule has 3 rings (SSSR count). The predicted molar refractivity (Wildman–Crippen MR) is 118 cm³/mol. The number of aliphatic hydroxyl groups excluding tert-OH is 2. The summed E-state index contributed by atoms with van der Waals surface area (Å²) in [4.78, 5) is 39.1. The Labute approximate surface area is 194 Å². The zero-order valence-corrected chi connectivity index (χ0v) is 19.3. The number of fused-ring (bicyclic) bond motifs is 1. The van der Waals surface area contributed by atoms with Crippen molar-refractivity contribution in [2.75, 3.05) is 26.3 Å². The number of likely N-dealkylation sites (tertiary alicyclic amines) is 1. The Bertz CT molecular complexity index is 806. The predicted octanol–water partition coefficient (Wildman–Crippen LogP) is 1.28. The molecule has 2 saturated heterocycles. The van der Waals surface area contributed by atoms with E-state index in [4.69, 9.17) is 9.47 Å². The third kappa shape index (κ3) is 6.02. The van der Waals surface area contributed by atoms with Gasteiger partial charge in [-0.2, -0.15) is 0 Å². The van der Waals surface area contributed by atoms with Crippen molar-refractivity contribution in [2.24, 2.45) is 17.8 Å². The summed E-state index contributed by atoms with van der Waals surface area (Å²) in [6.45, 7) is 3.75. The second-order valence-electron chi connectivity index (χ2n) is 9.41. The molecule has 184 valence electrons.